The van der Waals surface area contributed by atoms with Gasteiger partial charge in [-0.15, -0.1) is 0 Å². The van der Waals surface area contributed by atoms with Gasteiger partial charge >= 0.3 is 0 Å². The molecule has 8 heteroatoms. The Morgan fingerprint density at radius 1 is 1.00 bits per heavy atom. The highest BCUT2D eigenvalue weighted by atomic mass is 16.3. The molecule has 0 spiro atoms. The van der Waals surface area contributed by atoms with Crippen LogP contribution >= 0.6 is 0 Å². The summed E-state index contributed by atoms with van der Waals surface area (Å²) in [6, 6.07) is 12.2. The smallest absolute Gasteiger partial charge is 0.262 e. The highest BCUT2D eigenvalue weighted by Crippen LogP contribution is 2.36. The number of nitrogens with zero attached hydrogens (tertiary/aromatic N) is 2. The van der Waals surface area contributed by atoms with Crippen LogP contribution in [-0.4, -0.2) is 57.7 Å². The van der Waals surface area contributed by atoms with Crippen molar-refractivity contribution < 1.29 is 24.3 Å². The lowest BCUT2D eigenvalue weighted by Crippen LogP contribution is -2.54. The monoisotopic (exact) mass is 461 g/mol. The molecule has 34 heavy (non-hydrogen) atoms. The first kappa shape index (κ1) is 22.4. The van der Waals surface area contributed by atoms with E-state index in [4.69, 9.17) is 0 Å². The Bertz CT molecular complexity index is 1200. The molecule has 3 heterocycles. The summed E-state index contributed by atoms with van der Waals surface area (Å²) in [6.45, 7) is 4.29. The number of likely N-dealkylation sites (tertiary alicyclic amines) is 1. The molecule has 0 aliphatic carbocycles. The Hall–Kier alpha value is -3.36. The van der Waals surface area contributed by atoms with E-state index in [-0.39, 0.29) is 24.0 Å². The number of amides is 4. The minimum Gasteiger partial charge on any atom is -0.385 e. The average Bonchev–Trinajstić information content (AvgIpc) is 3.05. The summed E-state index contributed by atoms with van der Waals surface area (Å²) in [7, 11) is 0. The van der Waals surface area contributed by atoms with Crippen LogP contribution in [-0.2, 0) is 21.7 Å². The highest BCUT2D eigenvalue weighted by molar-refractivity contribution is 6.23. The van der Waals surface area contributed by atoms with E-state index in [1.54, 1.807) is 18.2 Å². The molecule has 2 N–H and O–H groups in total. The number of piperidine rings is 2. The molecule has 4 amide bonds. The number of carbonyl (C=O) groups excluding carboxylic acids is 4. The normalized spacial score (nSPS) is 22.6. The second-order valence-electron chi connectivity index (χ2n) is 9.50. The van der Waals surface area contributed by atoms with E-state index in [1.807, 2.05) is 6.07 Å². The van der Waals surface area contributed by atoms with Crippen molar-refractivity contribution in [1.82, 2.24) is 15.1 Å². The molecule has 0 radical (unpaired) electrons. The van der Waals surface area contributed by atoms with Crippen molar-refractivity contribution in [3.8, 4) is 0 Å². The lowest BCUT2D eigenvalue weighted by atomic mass is 9.83. The molecular weight excluding hydrogens is 434 g/mol. The van der Waals surface area contributed by atoms with Gasteiger partial charge in [0.1, 0.15) is 6.04 Å². The van der Waals surface area contributed by atoms with E-state index in [2.05, 4.69) is 35.3 Å². The fourth-order valence-corrected chi connectivity index (χ4v) is 5.20. The number of nitrogens with one attached hydrogen (secondary N) is 1. The lowest BCUT2D eigenvalue weighted by Gasteiger charge is -2.38. The van der Waals surface area contributed by atoms with Gasteiger partial charge in [0.15, 0.2) is 0 Å². The highest BCUT2D eigenvalue weighted by Gasteiger charge is 2.45. The number of fused-ring (bicyclic) bond motifs is 1. The van der Waals surface area contributed by atoms with E-state index in [9.17, 15) is 24.3 Å². The molecule has 0 saturated carbocycles. The van der Waals surface area contributed by atoms with E-state index >= 15 is 0 Å². The molecule has 3 aliphatic heterocycles. The molecule has 2 fully saturated rings. The standard InChI is InChI=1S/C26H27N3O5/c1-16-3-2-4-17(13-16)15-28-11-9-26(34,10-12-28)18-5-6-19-20(14-18)25(33)29(24(19)32)21-7-8-22(30)27-23(21)31/h2-6,13-14,21,34H,7-12,15H2,1H3,(H,27,30,31). The molecule has 2 aromatic carbocycles. The quantitative estimate of drug-likeness (QED) is 0.674. The summed E-state index contributed by atoms with van der Waals surface area (Å²) in [5.41, 5.74) is 2.38. The van der Waals surface area contributed by atoms with Crippen LogP contribution in [0.5, 0.6) is 0 Å². The third kappa shape index (κ3) is 3.93. The van der Waals surface area contributed by atoms with Gasteiger partial charge in [-0.2, -0.15) is 0 Å². The zero-order chi connectivity index (χ0) is 24.0. The molecule has 0 aromatic heterocycles. The number of hydrogen-bond acceptors (Lipinski definition) is 6. The second-order valence-corrected chi connectivity index (χ2v) is 9.50. The molecule has 1 atom stereocenters. The van der Waals surface area contributed by atoms with Crippen molar-refractivity contribution in [2.75, 3.05) is 13.1 Å². The van der Waals surface area contributed by atoms with Crippen LogP contribution in [0.25, 0.3) is 0 Å². The van der Waals surface area contributed by atoms with Crippen molar-refractivity contribution in [3.05, 3.63) is 70.3 Å². The third-order valence-corrected chi connectivity index (χ3v) is 7.15. The molecule has 176 valence electrons. The van der Waals surface area contributed by atoms with E-state index in [0.29, 0.717) is 31.5 Å². The summed E-state index contributed by atoms with van der Waals surface area (Å²) in [4.78, 5) is 53.0. The predicted molar refractivity (Wildman–Crippen MR) is 123 cm³/mol. The Balaban J connectivity index is 1.31. The minimum absolute atomic E-state index is 0.0772. The van der Waals surface area contributed by atoms with E-state index < -0.39 is 35.3 Å². The first-order valence-corrected chi connectivity index (χ1v) is 11.6. The largest absolute Gasteiger partial charge is 0.385 e. The van der Waals surface area contributed by atoms with Crippen LogP contribution in [0.15, 0.2) is 42.5 Å². The average molecular weight is 462 g/mol. The Morgan fingerprint density at radius 2 is 1.74 bits per heavy atom. The van der Waals surface area contributed by atoms with E-state index in [1.165, 1.54) is 11.1 Å². The van der Waals surface area contributed by atoms with Gasteiger partial charge in [0.25, 0.3) is 11.8 Å². The summed E-state index contributed by atoms with van der Waals surface area (Å²) >= 11 is 0. The van der Waals surface area contributed by atoms with Crippen LogP contribution in [0.2, 0.25) is 0 Å². The Labute approximate surface area is 197 Å². The van der Waals surface area contributed by atoms with Crippen LogP contribution in [0.1, 0.15) is 63.1 Å². The van der Waals surface area contributed by atoms with Crippen molar-refractivity contribution in [2.24, 2.45) is 0 Å². The third-order valence-electron chi connectivity index (χ3n) is 7.15. The maximum Gasteiger partial charge on any atom is 0.262 e. The number of imide groups is 2. The van der Waals surface area contributed by atoms with Crippen LogP contribution < -0.4 is 5.32 Å². The second kappa shape index (κ2) is 8.45. The number of aliphatic hydroxyl groups is 1. The molecule has 3 aliphatic rings. The Kier molecular flexibility index (Phi) is 5.58. The van der Waals surface area contributed by atoms with Gasteiger partial charge in [-0.3, -0.25) is 34.3 Å². The zero-order valence-electron chi connectivity index (χ0n) is 19.0. The summed E-state index contributed by atoms with van der Waals surface area (Å²) < 4.78 is 0. The number of rotatable bonds is 4. The minimum atomic E-state index is -1.09. The SMILES string of the molecule is Cc1cccc(CN2CCC(O)(c3ccc4c(c3)C(=O)N(C3CCC(=O)NC3=O)C4=O)CC2)c1. The van der Waals surface area contributed by atoms with Gasteiger partial charge in [-0.1, -0.05) is 35.9 Å². The summed E-state index contributed by atoms with van der Waals surface area (Å²) in [5.74, 6) is -2.14. The topological polar surface area (TPSA) is 107 Å². The van der Waals surface area contributed by atoms with Crippen molar-refractivity contribution in [2.45, 2.75) is 50.8 Å². The van der Waals surface area contributed by atoms with Crippen molar-refractivity contribution >= 4 is 23.6 Å². The zero-order valence-corrected chi connectivity index (χ0v) is 19.0. The number of hydrogen-bond donors (Lipinski definition) is 2. The maximum atomic E-state index is 13.1. The van der Waals surface area contributed by atoms with Gasteiger partial charge in [-0.05, 0) is 49.4 Å². The lowest BCUT2D eigenvalue weighted by molar-refractivity contribution is -0.136. The first-order chi connectivity index (χ1) is 16.2. The molecule has 0 bridgehead atoms. The maximum absolute atomic E-state index is 13.1. The number of aryl methyl sites for hydroxylation is 1. The van der Waals surface area contributed by atoms with Gasteiger partial charge in [0.2, 0.25) is 11.8 Å². The van der Waals surface area contributed by atoms with E-state index in [0.717, 1.165) is 11.4 Å². The molecule has 8 nitrogen and oxygen atoms in total. The molecule has 5 rings (SSSR count). The first-order valence-electron chi connectivity index (χ1n) is 11.6. The van der Waals surface area contributed by atoms with Crippen molar-refractivity contribution in [3.63, 3.8) is 0 Å². The van der Waals surface area contributed by atoms with Gasteiger partial charge in [-0.25, -0.2) is 0 Å². The molecule has 2 saturated heterocycles. The number of carbonyl (C=O) groups is 4. The fraction of sp³-hybridized carbons (Fsp3) is 0.385. The van der Waals surface area contributed by atoms with Gasteiger partial charge in [0.05, 0.1) is 16.7 Å². The van der Waals surface area contributed by atoms with Crippen molar-refractivity contribution in [1.29, 1.82) is 0 Å². The summed E-state index contributed by atoms with van der Waals surface area (Å²) in [5, 5.41) is 13.6. The summed E-state index contributed by atoms with van der Waals surface area (Å²) in [6.07, 6.45) is 1.21. The van der Waals surface area contributed by atoms with Crippen LogP contribution in [0, 0.1) is 6.92 Å². The molecule has 1 unspecified atom stereocenters. The molecular formula is C26H27N3O5. The fourth-order valence-electron chi connectivity index (χ4n) is 5.20. The Morgan fingerprint density at radius 3 is 2.44 bits per heavy atom. The van der Waals surface area contributed by atoms with Crippen LogP contribution in [0.4, 0.5) is 0 Å². The van der Waals surface area contributed by atoms with Crippen LogP contribution in [0.3, 0.4) is 0 Å². The number of benzene rings is 2. The van der Waals surface area contributed by atoms with Gasteiger partial charge < -0.3 is 5.11 Å². The predicted octanol–water partition coefficient (Wildman–Crippen LogP) is 1.88. The molecule has 2 aromatic rings. The van der Waals surface area contributed by atoms with Gasteiger partial charge in [0, 0.05) is 26.1 Å².